The normalized spacial score (nSPS) is 10.6. The molecule has 1 amide bonds. The van der Waals surface area contributed by atoms with Crippen molar-refractivity contribution in [2.75, 3.05) is 13.2 Å². The minimum Gasteiger partial charge on any atom is -0.494 e. The van der Waals surface area contributed by atoms with Crippen molar-refractivity contribution < 1.29 is 23.8 Å². The molecule has 0 aliphatic heterocycles. The Kier molecular flexibility index (Phi) is 10.6. The first-order valence-corrected chi connectivity index (χ1v) is 11.0. The molecule has 2 aromatic carbocycles. The van der Waals surface area contributed by atoms with Crippen LogP contribution in [-0.4, -0.2) is 35.0 Å². The van der Waals surface area contributed by atoms with E-state index in [-0.39, 0.29) is 25.3 Å². The van der Waals surface area contributed by atoms with Crippen LogP contribution in [0.3, 0.4) is 0 Å². The molecule has 0 aliphatic carbocycles. The van der Waals surface area contributed by atoms with Gasteiger partial charge in [-0.3, -0.25) is 4.79 Å². The maximum absolute atomic E-state index is 13.8. The summed E-state index contributed by atoms with van der Waals surface area (Å²) in [6.45, 7) is 3.12. The van der Waals surface area contributed by atoms with E-state index in [0.29, 0.717) is 12.2 Å². The molecule has 0 saturated heterocycles. The summed E-state index contributed by atoms with van der Waals surface area (Å²) in [5.74, 6) is -2.14. The largest absolute Gasteiger partial charge is 0.494 e. The third kappa shape index (κ3) is 8.79. The average Bonchev–Trinajstić information content (AvgIpc) is 2.77. The molecule has 0 atom stereocenters. The van der Waals surface area contributed by atoms with Crippen molar-refractivity contribution in [2.45, 2.75) is 58.4 Å². The van der Waals surface area contributed by atoms with Crippen LogP contribution in [0.1, 0.15) is 56.6 Å². The Bertz CT molecular complexity index is 823. The fourth-order valence-corrected chi connectivity index (χ4v) is 3.33. The van der Waals surface area contributed by atoms with Gasteiger partial charge in [0, 0.05) is 13.1 Å². The number of nitrogens with zero attached hydrogens (tertiary/aromatic N) is 1. The van der Waals surface area contributed by atoms with Crippen LogP contribution in [0.15, 0.2) is 48.5 Å². The summed E-state index contributed by atoms with van der Waals surface area (Å²) >= 11 is 0. The van der Waals surface area contributed by atoms with Gasteiger partial charge in [-0.25, -0.2) is 9.18 Å². The van der Waals surface area contributed by atoms with E-state index in [2.05, 4.69) is 6.92 Å². The van der Waals surface area contributed by atoms with Gasteiger partial charge in [-0.2, -0.15) is 0 Å². The van der Waals surface area contributed by atoms with Gasteiger partial charge in [0.15, 0.2) is 0 Å². The van der Waals surface area contributed by atoms with Gasteiger partial charge in [0.1, 0.15) is 11.6 Å². The van der Waals surface area contributed by atoms with Crippen molar-refractivity contribution in [3.8, 4) is 5.75 Å². The highest BCUT2D eigenvalue weighted by atomic mass is 19.1. The molecule has 0 fully saturated rings. The van der Waals surface area contributed by atoms with Gasteiger partial charge in [0.2, 0.25) is 0 Å². The van der Waals surface area contributed by atoms with Crippen molar-refractivity contribution in [2.24, 2.45) is 0 Å². The van der Waals surface area contributed by atoms with Gasteiger partial charge in [-0.1, -0.05) is 69.4 Å². The number of hydrogen-bond donors (Lipinski definition) is 1. The second-order valence-electron chi connectivity index (χ2n) is 7.63. The zero-order valence-electron chi connectivity index (χ0n) is 18.2. The Morgan fingerprint density at radius 2 is 1.65 bits per heavy atom. The second kappa shape index (κ2) is 13.4. The summed E-state index contributed by atoms with van der Waals surface area (Å²) in [5.41, 5.74) is 1.24. The number of aliphatic carboxylic acids is 1. The highest BCUT2D eigenvalue weighted by molar-refractivity contribution is 6.31. The van der Waals surface area contributed by atoms with Crippen LogP contribution in [0, 0.1) is 5.82 Å². The summed E-state index contributed by atoms with van der Waals surface area (Å²) in [7, 11) is 0. The van der Waals surface area contributed by atoms with E-state index in [0.717, 1.165) is 24.2 Å². The van der Waals surface area contributed by atoms with Gasteiger partial charge in [-0.15, -0.1) is 0 Å². The number of rotatable bonds is 13. The maximum Gasteiger partial charge on any atom is 0.394 e. The zero-order chi connectivity index (χ0) is 22.5. The fraction of sp³-hybridized carbons (Fsp3) is 0.440. The molecule has 2 rings (SSSR count). The molecule has 0 radical (unpaired) electrons. The third-order valence-electron chi connectivity index (χ3n) is 5.14. The fourth-order valence-electron chi connectivity index (χ4n) is 3.33. The molecule has 0 unspecified atom stereocenters. The minimum atomic E-state index is -1.52. The number of carbonyl (C=O) groups is 2. The number of carboxylic acids is 1. The molecule has 6 heteroatoms. The van der Waals surface area contributed by atoms with Crippen molar-refractivity contribution in [1.29, 1.82) is 0 Å². The topological polar surface area (TPSA) is 66.8 Å². The summed E-state index contributed by atoms with van der Waals surface area (Å²) in [6.07, 6.45) is 7.44. The van der Waals surface area contributed by atoms with Gasteiger partial charge < -0.3 is 14.7 Å². The molecule has 1 N–H and O–H groups in total. The van der Waals surface area contributed by atoms with Crippen LogP contribution >= 0.6 is 0 Å². The van der Waals surface area contributed by atoms with Gasteiger partial charge in [-0.05, 0) is 42.2 Å². The smallest absolute Gasteiger partial charge is 0.394 e. The monoisotopic (exact) mass is 429 g/mol. The van der Waals surface area contributed by atoms with Crippen LogP contribution in [0.2, 0.25) is 0 Å². The van der Waals surface area contributed by atoms with Gasteiger partial charge in [0.05, 0.1) is 6.61 Å². The number of carbonyl (C=O) groups excluding carboxylic acids is 1. The van der Waals surface area contributed by atoms with E-state index < -0.39 is 11.9 Å². The van der Waals surface area contributed by atoms with Gasteiger partial charge >= 0.3 is 11.9 Å². The number of benzene rings is 2. The molecule has 5 nitrogen and oxygen atoms in total. The molecular formula is C25H32FNO4. The van der Waals surface area contributed by atoms with E-state index in [4.69, 9.17) is 9.84 Å². The predicted octanol–water partition coefficient (Wildman–Crippen LogP) is 5.22. The highest BCUT2D eigenvalue weighted by Gasteiger charge is 2.21. The molecule has 2 aromatic rings. The van der Waals surface area contributed by atoms with Crippen LogP contribution < -0.4 is 4.74 Å². The molecule has 0 saturated carbocycles. The Hall–Kier alpha value is -2.89. The number of ether oxygens (including phenoxy) is 1. The van der Waals surface area contributed by atoms with Crippen LogP contribution in [-0.2, 0) is 22.6 Å². The number of halogens is 1. The zero-order valence-corrected chi connectivity index (χ0v) is 18.2. The lowest BCUT2D eigenvalue weighted by molar-refractivity contribution is -0.156. The molecule has 0 spiro atoms. The first-order chi connectivity index (χ1) is 15.0. The van der Waals surface area contributed by atoms with Gasteiger partial charge in [0.25, 0.3) is 0 Å². The standard InChI is InChI=1S/C25H32FNO4/c1-2-3-4-5-6-9-18-31-22-14-12-20(13-15-22)19-27(24(28)25(29)30)17-16-21-10-7-8-11-23(21)26/h7-8,10-15H,2-6,9,16-19H2,1H3,(H,29,30). The van der Waals surface area contributed by atoms with Crippen molar-refractivity contribution in [1.82, 2.24) is 4.90 Å². The maximum atomic E-state index is 13.8. The second-order valence-corrected chi connectivity index (χ2v) is 7.63. The van der Waals surface area contributed by atoms with E-state index in [1.165, 1.54) is 36.6 Å². The summed E-state index contributed by atoms with van der Waals surface area (Å²) in [6, 6.07) is 13.6. The van der Waals surface area contributed by atoms with E-state index in [1.807, 2.05) is 24.3 Å². The molecule has 0 bridgehead atoms. The molecule has 0 aromatic heterocycles. The molecule has 0 aliphatic rings. The van der Waals surface area contributed by atoms with Crippen molar-refractivity contribution >= 4 is 11.9 Å². The Morgan fingerprint density at radius 1 is 0.968 bits per heavy atom. The van der Waals surface area contributed by atoms with Crippen LogP contribution in [0.4, 0.5) is 4.39 Å². The van der Waals surface area contributed by atoms with E-state index in [1.54, 1.807) is 18.2 Å². The highest BCUT2D eigenvalue weighted by Crippen LogP contribution is 2.16. The quantitative estimate of drug-likeness (QED) is 0.350. The SMILES string of the molecule is CCCCCCCCOc1ccc(CN(CCc2ccccc2F)C(=O)C(=O)O)cc1. The Morgan fingerprint density at radius 3 is 2.32 bits per heavy atom. The summed E-state index contributed by atoms with van der Waals surface area (Å²) < 4.78 is 19.6. The van der Waals surface area contributed by atoms with Crippen LogP contribution in [0.5, 0.6) is 5.75 Å². The van der Waals surface area contributed by atoms with Crippen molar-refractivity contribution in [3.63, 3.8) is 0 Å². The Labute approximate surface area is 183 Å². The number of hydrogen-bond acceptors (Lipinski definition) is 3. The lowest BCUT2D eigenvalue weighted by Gasteiger charge is -2.21. The molecule has 0 heterocycles. The molecule has 31 heavy (non-hydrogen) atoms. The molecular weight excluding hydrogens is 397 g/mol. The Balaban J connectivity index is 1.86. The minimum absolute atomic E-state index is 0.113. The van der Waals surface area contributed by atoms with E-state index in [9.17, 15) is 14.0 Å². The lowest BCUT2D eigenvalue weighted by atomic mass is 10.1. The number of carboxylic acid groups (broad SMARTS) is 1. The molecule has 168 valence electrons. The average molecular weight is 430 g/mol. The lowest BCUT2D eigenvalue weighted by Crippen LogP contribution is -2.37. The number of unbranched alkanes of at least 4 members (excludes halogenated alkanes) is 5. The first-order valence-electron chi connectivity index (χ1n) is 11.0. The third-order valence-corrected chi connectivity index (χ3v) is 5.14. The number of amides is 1. The van der Waals surface area contributed by atoms with Crippen molar-refractivity contribution in [3.05, 3.63) is 65.5 Å². The summed E-state index contributed by atoms with van der Waals surface area (Å²) in [4.78, 5) is 24.5. The summed E-state index contributed by atoms with van der Waals surface area (Å²) in [5, 5.41) is 9.13. The predicted molar refractivity (Wildman–Crippen MR) is 118 cm³/mol. The van der Waals surface area contributed by atoms with E-state index >= 15 is 0 Å². The first kappa shape index (κ1) is 24.4. The van der Waals surface area contributed by atoms with Crippen LogP contribution in [0.25, 0.3) is 0 Å².